The van der Waals surface area contributed by atoms with Crippen molar-refractivity contribution in [1.82, 2.24) is 25.1 Å². The monoisotopic (exact) mass is 449 g/mol. The van der Waals surface area contributed by atoms with Crippen LogP contribution in [0.3, 0.4) is 0 Å². The quantitative estimate of drug-likeness (QED) is 0.325. The molecule has 2 amide bonds. The van der Waals surface area contributed by atoms with Gasteiger partial charge in [0.05, 0.1) is 16.6 Å². The SMILES string of the molecule is O=C1c2c(c3c4cccnc4[nH]c3c3ccc4ccccc4c23)C(=O)N1CCN1CCNCC1. The number of hydrogen-bond donors (Lipinski definition) is 2. The second-order valence-electron chi connectivity index (χ2n) is 9.09. The number of piperazine rings is 1. The first-order chi connectivity index (χ1) is 16.7. The molecular weight excluding hydrogens is 426 g/mol. The minimum absolute atomic E-state index is 0.198. The second kappa shape index (κ2) is 7.35. The van der Waals surface area contributed by atoms with Gasteiger partial charge in [-0.05, 0) is 22.9 Å². The summed E-state index contributed by atoms with van der Waals surface area (Å²) < 4.78 is 0. The number of nitrogens with one attached hydrogen (secondary N) is 2. The van der Waals surface area contributed by atoms with Crippen LogP contribution in [0.2, 0.25) is 0 Å². The Morgan fingerprint density at radius 3 is 2.41 bits per heavy atom. The lowest BCUT2D eigenvalue weighted by atomic mass is 9.91. The van der Waals surface area contributed by atoms with E-state index in [0.717, 1.165) is 69.7 Å². The first-order valence-corrected chi connectivity index (χ1v) is 11.8. The second-order valence-corrected chi connectivity index (χ2v) is 9.09. The first-order valence-electron chi connectivity index (χ1n) is 11.8. The zero-order chi connectivity index (χ0) is 22.8. The summed E-state index contributed by atoms with van der Waals surface area (Å²) in [5, 5.41) is 8.82. The Morgan fingerprint density at radius 1 is 0.794 bits per heavy atom. The summed E-state index contributed by atoms with van der Waals surface area (Å²) in [4.78, 5) is 39.4. The van der Waals surface area contributed by atoms with Crippen LogP contribution in [0.4, 0.5) is 0 Å². The van der Waals surface area contributed by atoms with Crippen LogP contribution in [0.25, 0.3) is 43.5 Å². The summed E-state index contributed by atoms with van der Waals surface area (Å²) >= 11 is 0. The fourth-order valence-corrected chi connectivity index (χ4v) is 5.65. The molecule has 2 N–H and O–H groups in total. The molecule has 34 heavy (non-hydrogen) atoms. The third kappa shape index (κ3) is 2.68. The number of pyridine rings is 1. The van der Waals surface area contributed by atoms with Crippen molar-refractivity contribution in [2.75, 3.05) is 39.3 Å². The Kier molecular flexibility index (Phi) is 4.24. The lowest BCUT2D eigenvalue weighted by Crippen LogP contribution is -2.47. The molecule has 0 unspecified atom stereocenters. The first kappa shape index (κ1) is 19.6. The normalized spacial score (nSPS) is 17.0. The van der Waals surface area contributed by atoms with E-state index in [1.165, 1.54) is 4.90 Å². The highest BCUT2D eigenvalue weighted by molar-refractivity contribution is 6.39. The molecule has 7 rings (SSSR count). The van der Waals surface area contributed by atoms with Gasteiger partial charge in [0.15, 0.2) is 0 Å². The van der Waals surface area contributed by atoms with E-state index >= 15 is 0 Å². The number of benzene rings is 3. The molecule has 5 aromatic rings. The lowest BCUT2D eigenvalue weighted by Gasteiger charge is -2.28. The fraction of sp³-hybridized carbons (Fsp3) is 0.222. The molecule has 7 heteroatoms. The molecule has 2 aromatic heterocycles. The van der Waals surface area contributed by atoms with Gasteiger partial charge in [0, 0.05) is 67.0 Å². The zero-order valence-electron chi connectivity index (χ0n) is 18.6. The van der Waals surface area contributed by atoms with E-state index in [-0.39, 0.29) is 11.8 Å². The molecule has 0 radical (unpaired) electrons. The van der Waals surface area contributed by atoms with Crippen molar-refractivity contribution in [3.63, 3.8) is 0 Å². The highest BCUT2D eigenvalue weighted by Crippen LogP contribution is 2.43. The predicted molar refractivity (Wildman–Crippen MR) is 133 cm³/mol. The molecule has 0 bridgehead atoms. The van der Waals surface area contributed by atoms with E-state index in [1.54, 1.807) is 6.20 Å². The van der Waals surface area contributed by atoms with Crippen LogP contribution >= 0.6 is 0 Å². The van der Waals surface area contributed by atoms with Crippen LogP contribution < -0.4 is 5.32 Å². The van der Waals surface area contributed by atoms with Gasteiger partial charge in [-0.3, -0.25) is 19.4 Å². The van der Waals surface area contributed by atoms with Crippen molar-refractivity contribution >= 4 is 55.3 Å². The van der Waals surface area contributed by atoms with Crippen LogP contribution in [0.1, 0.15) is 20.7 Å². The van der Waals surface area contributed by atoms with Crippen molar-refractivity contribution in [3.05, 3.63) is 65.9 Å². The minimum atomic E-state index is -0.209. The Balaban J connectivity index is 1.50. The van der Waals surface area contributed by atoms with Gasteiger partial charge in [-0.1, -0.05) is 36.4 Å². The molecule has 2 aliphatic heterocycles. The van der Waals surface area contributed by atoms with Gasteiger partial charge < -0.3 is 10.3 Å². The summed E-state index contributed by atoms with van der Waals surface area (Å²) in [5.74, 6) is -0.406. The minimum Gasteiger partial charge on any atom is -0.339 e. The Hall–Kier alpha value is -3.81. The molecule has 4 heterocycles. The van der Waals surface area contributed by atoms with Crippen molar-refractivity contribution in [2.45, 2.75) is 0 Å². The summed E-state index contributed by atoms with van der Waals surface area (Å²) in [7, 11) is 0. The maximum atomic E-state index is 13.9. The molecule has 7 nitrogen and oxygen atoms in total. The van der Waals surface area contributed by atoms with Crippen molar-refractivity contribution in [1.29, 1.82) is 0 Å². The molecule has 0 spiro atoms. The standard InChI is InChI=1S/C27H23N5O2/c33-26-22-20-17-5-2-1-4-16(17)7-8-18(20)24-21(19-6-3-9-29-25(19)30-24)23(22)27(34)32(26)15-14-31-12-10-28-11-13-31/h1-9,28H,10-15H2,(H,29,30). The van der Waals surface area contributed by atoms with E-state index in [2.05, 4.69) is 32.3 Å². The summed E-state index contributed by atoms with van der Waals surface area (Å²) in [5.41, 5.74) is 2.61. The number of amides is 2. The summed E-state index contributed by atoms with van der Waals surface area (Å²) in [6.07, 6.45) is 1.74. The number of H-pyrrole nitrogens is 1. The molecular formula is C27H23N5O2. The van der Waals surface area contributed by atoms with E-state index in [0.29, 0.717) is 24.2 Å². The number of nitrogens with zero attached hydrogens (tertiary/aromatic N) is 3. The topological polar surface area (TPSA) is 81.3 Å². The van der Waals surface area contributed by atoms with Crippen LogP contribution in [0.5, 0.6) is 0 Å². The summed E-state index contributed by atoms with van der Waals surface area (Å²) in [6.45, 7) is 4.79. The Morgan fingerprint density at radius 2 is 1.56 bits per heavy atom. The van der Waals surface area contributed by atoms with Crippen LogP contribution in [-0.2, 0) is 0 Å². The van der Waals surface area contributed by atoms with Gasteiger partial charge in [0.2, 0.25) is 0 Å². The number of carbonyl (C=O) groups excluding carboxylic acids is 2. The third-order valence-corrected chi connectivity index (χ3v) is 7.29. The highest BCUT2D eigenvalue weighted by Gasteiger charge is 2.40. The van der Waals surface area contributed by atoms with Crippen LogP contribution in [0, 0.1) is 0 Å². The van der Waals surface area contributed by atoms with Crippen LogP contribution in [0.15, 0.2) is 54.7 Å². The molecule has 2 aliphatic rings. The molecule has 0 saturated carbocycles. The average Bonchev–Trinajstić information content (AvgIpc) is 3.38. The Bertz CT molecular complexity index is 1650. The van der Waals surface area contributed by atoms with E-state index in [9.17, 15) is 9.59 Å². The molecule has 1 saturated heterocycles. The number of imide groups is 1. The van der Waals surface area contributed by atoms with Crippen molar-refractivity contribution < 1.29 is 9.59 Å². The van der Waals surface area contributed by atoms with Crippen molar-refractivity contribution in [3.8, 4) is 0 Å². The maximum Gasteiger partial charge on any atom is 0.262 e. The number of carbonyl (C=O) groups is 2. The van der Waals surface area contributed by atoms with E-state index in [1.807, 2.05) is 36.4 Å². The molecule has 3 aromatic carbocycles. The zero-order valence-corrected chi connectivity index (χ0v) is 18.6. The highest BCUT2D eigenvalue weighted by atomic mass is 16.2. The average molecular weight is 450 g/mol. The third-order valence-electron chi connectivity index (χ3n) is 7.29. The van der Waals surface area contributed by atoms with Gasteiger partial charge in [-0.25, -0.2) is 4.98 Å². The van der Waals surface area contributed by atoms with Gasteiger partial charge in [-0.2, -0.15) is 0 Å². The fourth-order valence-electron chi connectivity index (χ4n) is 5.65. The van der Waals surface area contributed by atoms with Gasteiger partial charge >= 0.3 is 0 Å². The van der Waals surface area contributed by atoms with Crippen LogP contribution in [-0.4, -0.2) is 70.9 Å². The smallest absolute Gasteiger partial charge is 0.262 e. The molecule has 0 aliphatic carbocycles. The van der Waals surface area contributed by atoms with Gasteiger partial charge in [0.25, 0.3) is 11.8 Å². The van der Waals surface area contributed by atoms with Gasteiger partial charge in [-0.15, -0.1) is 0 Å². The number of aromatic nitrogens is 2. The summed E-state index contributed by atoms with van der Waals surface area (Å²) in [6, 6.07) is 16.0. The van der Waals surface area contributed by atoms with Gasteiger partial charge in [0.1, 0.15) is 5.65 Å². The molecule has 168 valence electrons. The molecule has 0 atom stereocenters. The number of fused-ring (bicyclic) bond motifs is 10. The number of rotatable bonds is 3. The Labute approximate surface area is 195 Å². The maximum absolute atomic E-state index is 13.9. The van der Waals surface area contributed by atoms with E-state index < -0.39 is 0 Å². The molecule has 1 fully saturated rings. The predicted octanol–water partition coefficient (Wildman–Crippen LogP) is 3.52. The van der Waals surface area contributed by atoms with Crippen molar-refractivity contribution in [2.24, 2.45) is 0 Å². The largest absolute Gasteiger partial charge is 0.339 e. The number of aromatic amines is 1. The lowest BCUT2D eigenvalue weighted by molar-refractivity contribution is 0.0635. The number of hydrogen-bond acceptors (Lipinski definition) is 5. The van der Waals surface area contributed by atoms with E-state index in [4.69, 9.17) is 0 Å².